The molecule has 2 aromatic carbocycles. The number of sulfonamides is 1. The van der Waals surface area contributed by atoms with Crippen LogP contribution in [0.25, 0.3) is 0 Å². The van der Waals surface area contributed by atoms with Crippen molar-refractivity contribution in [2.24, 2.45) is 0 Å². The molecule has 1 aliphatic heterocycles. The molecular weight excluding hydrogens is 422 g/mol. The first-order chi connectivity index (χ1) is 14.8. The molecule has 0 saturated carbocycles. The van der Waals surface area contributed by atoms with Crippen LogP contribution in [0.5, 0.6) is 0 Å². The monoisotopic (exact) mass is 445 g/mol. The number of nitrogens with one attached hydrogen (secondary N) is 2. The van der Waals surface area contributed by atoms with Gasteiger partial charge in [0.25, 0.3) is 5.91 Å². The zero-order chi connectivity index (χ0) is 22.4. The van der Waals surface area contributed by atoms with Crippen LogP contribution in [0.15, 0.2) is 53.4 Å². The number of carbonyl (C=O) groups excluding carboxylic acids is 3. The molecule has 1 aliphatic rings. The fourth-order valence-electron chi connectivity index (χ4n) is 3.09. The van der Waals surface area contributed by atoms with Crippen molar-refractivity contribution in [1.29, 1.82) is 0 Å². The zero-order valence-electron chi connectivity index (χ0n) is 17.0. The SMILES string of the molecule is CC(=O)Nc1ccc(NC(=O)COC(=O)c2ccc(S(=O)(=O)N3CCCC3)cc2)cc1. The van der Waals surface area contributed by atoms with Crippen LogP contribution in [0.4, 0.5) is 11.4 Å². The number of rotatable bonds is 7. The largest absolute Gasteiger partial charge is 0.452 e. The third kappa shape index (κ3) is 5.89. The van der Waals surface area contributed by atoms with E-state index in [1.165, 1.54) is 35.5 Å². The van der Waals surface area contributed by atoms with Gasteiger partial charge in [-0.05, 0) is 61.4 Å². The Labute approximate surface area is 180 Å². The van der Waals surface area contributed by atoms with Crippen molar-refractivity contribution in [2.75, 3.05) is 30.3 Å². The summed E-state index contributed by atoms with van der Waals surface area (Å²) in [4.78, 5) is 35.3. The summed E-state index contributed by atoms with van der Waals surface area (Å²) in [6.45, 7) is 1.89. The third-order valence-corrected chi connectivity index (χ3v) is 6.53. The Kier molecular flexibility index (Phi) is 7.03. The minimum absolute atomic E-state index is 0.117. The molecule has 2 N–H and O–H groups in total. The highest BCUT2D eigenvalue weighted by molar-refractivity contribution is 7.89. The number of nitrogens with zero attached hydrogens (tertiary/aromatic N) is 1. The molecular formula is C21H23N3O6S. The number of benzene rings is 2. The molecule has 0 aliphatic carbocycles. The fourth-order valence-corrected chi connectivity index (χ4v) is 4.61. The van der Waals surface area contributed by atoms with Gasteiger partial charge in [-0.15, -0.1) is 0 Å². The summed E-state index contributed by atoms with van der Waals surface area (Å²) in [6, 6.07) is 11.9. The van der Waals surface area contributed by atoms with E-state index in [2.05, 4.69) is 10.6 Å². The number of anilines is 2. The molecule has 0 bridgehead atoms. The van der Waals surface area contributed by atoms with Crippen LogP contribution in [0.2, 0.25) is 0 Å². The lowest BCUT2D eigenvalue weighted by Crippen LogP contribution is -2.27. The second kappa shape index (κ2) is 9.71. The molecule has 0 unspecified atom stereocenters. The van der Waals surface area contributed by atoms with Crippen molar-refractivity contribution in [3.05, 3.63) is 54.1 Å². The third-order valence-electron chi connectivity index (χ3n) is 4.62. The van der Waals surface area contributed by atoms with Crippen LogP contribution >= 0.6 is 0 Å². The Hall–Kier alpha value is -3.24. The van der Waals surface area contributed by atoms with Crippen LogP contribution in [0, 0.1) is 0 Å². The molecule has 2 amide bonds. The minimum atomic E-state index is -3.56. The van der Waals surface area contributed by atoms with Gasteiger partial charge in [0, 0.05) is 31.4 Å². The number of carbonyl (C=O) groups is 3. The second-order valence-electron chi connectivity index (χ2n) is 7.02. The van der Waals surface area contributed by atoms with E-state index >= 15 is 0 Å². The number of amides is 2. The van der Waals surface area contributed by atoms with Gasteiger partial charge in [0.15, 0.2) is 6.61 Å². The van der Waals surface area contributed by atoms with Gasteiger partial charge < -0.3 is 15.4 Å². The van der Waals surface area contributed by atoms with Crippen molar-refractivity contribution < 1.29 is 27.5 Å². The lowest BCUT2D eigenvalue weighted by molar-refractivity contribution is -0.119. The van der Waals surface area contributed by atoms with Gasteiger partial charge in [0.2, 0.25) is 15.9 Å². The fraction of sp³-hybridized carbons (Fsp3) is 0.286. The Morgan fingerprint density at radius 3 is 2.00 bits per heavy atom. The lowest BCUT2D eigenvalue weighted by atomic mass is 10.2. The second-order valence-corrected chi connectivity index (χ2v) is 8.96. The van der Waals surface area contributed by atoms with E-state index in [4.69, 9.17) is 4.74 Å². The van der Waals surface area contributed by atoms with Gasteiger partial charge in [0.05, 0.1) is 10.5 Å². The van der Waals surface area contributed by atoms with Gasteiger partial charge in [-0.2, -0.15) is 4.31 Å². The summed E-state index contributed by atoms with van der Waals surface area (Å²) in [5.41, 5.74) is 1.21. The molecule has 164 valence electrons. The van der Waals surface area contributed by atoms with Gasteiger partial charge in [-0.3, -0.25) is 9.59 Å². The van der Waals surface area contributed by atoms with Crippen molar-refractivity contribution in [3.8, 4) is 0 Å². The van der Waals surface area contributed by atoms with E-state index < -0.39 is 28.5 Å². The number of ether oxygens (including phenoxy) is 1. The summed E-state index contributed by atoms with van der Waals surface area (Å²) in [6.07, 6.45) is 1.68. The first-order valence-electron chi connectivity index (χ1n) is 9.70. The van der Waals surface area contributed by atoms with E-state index in [9.17, 15) is 22.8 Å². The Morgan fingerprint density at radius 1 is 0.903 bits per heavy atom. The normalized spacial score (nSPS) is 14.1. The number of hydrogen-bond donors (Lipinski definition) is 2. The van der Waals surface area contributed by atoms with Crippen molar-refractivity contribution in [3.63, 3.8) is 0 Å². The molecule has 0 atom stereocenters. The van der Waals surface area contributed by atoms with Crippen LogP contribution in [-0.4, -0.2) is 50.2 Å². The highest BCUT2D eigenvalue weighted by Gasteiger charge is 2.27. The quantitative estimate of drug-likeness (QED) is 0.630. The van der Waals surface area contributed by atoms with Crippen molar-refractivity contribution >= 4 is 39.2 Å². The average molecular weight is 445 g/mol. The summed E-state index contributed by atoms with van der Waals surface area (Å²) < 4.78 is 31.4. The molecule has 0 spiro atoms. The van der Waals surface area contributed by atoms with Crippen LogP contribution in [-0.2, 0) is 24.3 Å². The summed E-state index contributed by atoms with van der Waals surface area (Å²) in [5.74, 6) is -1.47. The zero-order valence-corrected chi connectivity index (χ0v) is 17.8. The summed E-state index contributed by atoms with van der Waals surface area (Å²) in [7, 11) is -3.56. The van der Waals surface area contributed by atoms with Crippen molar-refractivity contribution in [1.82, 2.24) is 4.31 Å². The summed E-state index contributed by atoms with van der Waals surface area (Å²) >= 11 is 0. The standard InChI is InChI=1S/C21H23N3O6S/c1-15(25)22-17-6-8-18(9-7-17)23-20(26)14-30-21(27)16-4-10-19(11-5-16)31(28,29)24-12-2-3-13-24/h4-11H,2-3,12-14H2,1H3,(H,22,25)(H,23,26). The minimum Gasteiger partial charge on any atom is -0.452 e. The average Bonchev–Trinajstić information content (AvgIpc) is 3.29. The molecule has 1 fully saturated rings. The number of hydrogen-bond acceptors (Lipinski definition) is 6. The first kappa shape index (κ1) is 22.4. The smallest absolute Gasteiger partial charge is 0.338 e. The van der Waals surface area contributed by atoms with E-state index in [1.807, 2.05) is 0 Å². The van der Waals surface area contributed by atoms with Crippen LogP contribution < -0.4 is 10.6 Å². The van der Waals surface area contributed by atoms with Gasteiger partial charge in [0.1, 0.15) is 0 Å². The van der Waals surface area contributed by atoms with Crippen molar-refractivity contribution in [2.45, 2.75) is 24.7 Å². The Bertz CT molecular complexity index is 1060. The predicted octanol–water partition coefficient (Wildman–Crippen LogP) is 2.22. The molecule has 3 rings (SSSR count). The van der Waals surface area contributed by atoms with E-state index in [0.717, 1.165) is 12.8 Å². The molecule has 31 heavy (non-hydrogen) atoms. The molecule has 1 heterocycles. The molecule has 10 heteroatoms. The maximum atomic E-state index is 12.5. The van der Waals surface area contributed by atoms with E-state index in [-0.39, 0.29) is 16.4 Å². The molecule has 9 nitrogen and oxygen atoms in total. The number of esters is 1. The van der Waals surface area contributed by atoms with Crippen LogP contribution in [0.3, 0.4) is 0 Å². The van der Waals surface area contributed by atoms with Gasteiger partial charge in [-0.25, -0.2) is 13.2 Å². The lowest BCUT2D eigenvalue weighted by Gasteiger charge is -2.15. The van der Waals surface area contributed by atoms with E-state index in [0.29, 0.717) is 24.5 Å². The topological polar surface area (TPSA) is 122 Å². The summed E-state index contributed by atoms with van der Waals surface area (Å²) in [5, 5.41) is 5.19. The molecule has 0 radical (unpaired) electrons. The first-order valence-corrected chi connectivity index (χ1v) is 11.1. The highest BCUT2D eigenvalue weighted by atomic mass is 32.2. The Balaban J connectivity index is 1.52. The van der Waals surface area contributed by atoms with Gasteiger partial charge >= 0.3 is 5.97 Å². The maximum absolute atomic E-state index is 12.5. The molecule has 0 aromatic heterocycles. The van der Waals surface area contributed by atoms with Gasteiger partial charge in [-0.1, -0.05) is 0 Å². The molecule has 1 saturated heterocycles. The molecule has 2 aromatic rings. The predicted molar refractivity (Wildman–Crippen MR) is 114 cm³/mol. The Morgan fingerprint density at radius 2 is 1.45 bits per heavy atom. The van der Waals surface area contributed by atoms with E-state index in [1.54, 1.807) is 24.3 Å². The van der Waals surface area contributed by atoms with Crippen LogP contribution in [0.1, 0.15) is 30.1 Å². The maximum Gasteiger partial charge on any atom is 0.338 e. The highest BCUT2D eigenvalue weighted by Crippen LogP contribution is 2.21.